The van der Waals surface area contributed by atoms with Gasteiger partial charge in [-0.1, -0.05) is 37.8 Å². The summed E-state index contributed by atoms with van der Waals surface area (Å²) < 4.78 is 5.89. The van der Waals surface area contributed by atoms with Crippen molar-refractivity contribution in [1.29, 1.82) is 0 Å². The molecule has 1 saturated heterocycles. The van der Waals surface area contributed by atoms with E-state index in [4.69, 9.17) is 4.74 Å². The molecule has 2 atom stereocenters. The summed E-state index contributed by atoms with van der Waals surface area (Å²) in [6.07, 6.45) is 5.89. The summed E-state index contributed by atoms with van der Waals surface area (Å²) in [6.45, 7) is 1.69. The highest BCUT2D eigenvalue weighted by atomic mass is 16.5. The zero-order valence-corrected chi connectivity index (χ0v) is 18.3. The Morgan fingerprint density at radius 2 is 1.91 bits per heavy atom. The van der Waals surface area contributed by atoms with Gasteiger partial charge in [0.05, 0.1) is 12.1 Å². The summed E-state index contributed by atoms with van der Waals surface area (Å²) in [7, 11) is 0. The summed E-state index contributed by atoms with van der Waals surface area (Å²) >= 11 is 0. The number of nitrogens with zero attached hydrogens (tertiary/aromatic N) is 1. The minimum Gasteiger partial charge on any atom is -0.480 e. The van der Waals surface area contributed by atoms with Crippen LogP contribution in [0.4, 0.5) is 5.69 Å². The topological polar surface area (TPSA) is 128 Å². The van der Waals surface area contributed by atoms with Crippen molar-refractivity contribution < 1.29 is 29.3 Å². The lowest BCUT2D eigenvalue weighted by Gasteiger charge is -2.23. The molecular formula is C23H33N3O6. The minimum absolute atomic E-state index is 0.151. The highest BCUT2D eigenvalue weighted by molar-refractivity contribution is 5.99. The first kappa shape index (κ1) is 24.0. The number of para-hydroxylation sites is 2. The van der Waals surface area contributed by atoms with E-state index in [0.29, 0.717) is 17.9 Å². The number of fused-ring (bicyclic) bond motifs is 1. The Kier molecular flexibility index (Phi) is 8.87. The second kappa shape index (κ2) is 11.8. The molecule has 0 aromatic heterocycles. The first-order chi connectivity index (χ1) is 15.4. The molecule has 4 N–H and O–H groups in total. The molecule has 0 unspecified atom stereocenters. The lowest BCUT2D eigenvalue weighted by atomic mass is 9.92. The van der Waals surface area contributed by atoms with Crippen molar-refractivity contribution in [2.24, 2.45) is 5.92 Å². The molecule has 9 heteroatoms. The number of ether oxygens (including phenoxy) is 1. The standard InChI is InChI=1S/C23H33N3O6/c27-21-14-20(32-19-9-5-4-8-18(19)26(21)15-22(28)29)25-17(23(30)31)7-3-1-2-6-16-10-12-24-13-11-16/h4-5,8-9,16-17,20,24-25H,1-3,6-7,10-15H2,(H,28,29)(H,30,31)/t17-,20-/m0/s1. The molecule has 1 aromatic rings. The van der Waals surface area contributed by atoms with Gasteiger partial charge in [-0.3, -0.25) is 24.6 Å². The molecule has 0 bridgehead atoms. The van der Waals surface area contributed by atoms with Gasteiger partial charge >= 0.3 is 11.9 Å². The van der Waals surface area contributed by atoms with Gasteiger partial charge in [-0.2, -0.15) is 0 Å². The van der Waals surface area contributed by atoms with Crippen LogP contribution in [-0.2, 0) is 14.4 Å². The van der Waals surface area contributed by atoms with Crippen LogP contribution in [0.2, 0.25) is 0 Å². The van der Waals surface area contributed by atoms with Crippen molar-refractivity contribution in [2.75, 3.05) is 24.5 Å². The maximum Gasteiger partial charge on any atom is 0.323 e. The zero-order chi connectivity index (χ0) is 22.9. The molecule has 0 aliphatic carbocycles. The zero-order valence-electron chi connectivity index (χ0n) is 18.3. The number of nitrogens with one attached hydrogen (secondary N) is 2. The SMILES string of the molecule is O=C(O)CN1C(=O)C[C@@H](N[C@@H](CCCCCC2CCNCC2)C(=O)O)Oc2ccccc21. The van der Waals surface area contributed by atoms with Crippen LogP contribution in [0.3, 0.4) is 0 Å². The van der Waals surface area contributed by atoms with Crippen LogP contribution < -0.4 is 20.3 Å². The van der Waals surface area contributed by atoms with E-state index in [-0.39, 0.29) is 6.42 Å². The first-order valence-electron chi connectivity index (χ1n) is 11.4. The number of rotatable bonds is 11. The Morgan fingerprint density at radius 1 is 1.16 bits per heavy atom. The summed E-state index contributed by atoms with van der Waals surface area (Å²) in [5, 5.41) is 25.2. The normalized spacial score (nSPS) is 20.2. The lowest BCUT2D eigenvalue weighted by Crippen LogP contribution is -2.47. The largest absolute Gasteiger partial charge is 0.480 e. The number of aliphatic carboxylic acids is 2. The molecule has 2 heterocycles. The fraction of sp³-hybridized carbons (Fsp3) is 0.609. The van der Waals surface area contributed by atoms with Crippen LogP contribution in [0.1, 0.15) is 51.4 Å². The number of carboxylic acids is 2. The molecule has 2 aliphatic heterocycles. The lowest BCUT2D eigenvalue weighted by molar-refractivity contribution is -0.141. The first-order valence-corrected chi connectivity index (χ1v) is 11.4. The smallest absolute Gasteiger partial charge is 0.323 e. The number of carbonyl (C=O) groups excluding carboxylic acids is 1. The predicted molar refractivity (Wildman–Crippen MR) is 119 cm³/mol. The van der Waals surface area contributed by atoms with Crippen molar-refractivity contribution in [2.45, 2.75) is 63.6 Å². The van der Waals surface area contributed by atoms with Crippen molar-refractivity contribution >= 4 is 23.5 Å². The van der Waals surface area contributed by atoms with E-state index >= 15 is 0 Å². The van der Waals surface area contributed by atoms with Gasteiger partial charge in [0, 0.05) is 0 Å². The van der Waals surface area contributed by atoms with Crippen LogP contribution in [-0.4, -0.2) is 60.0 Å². The quantitative estimate of drug-likeness (QED) is 0.380. The molecule has 3 rings (SSSR count). The van der Waals surface area contributed by atoms with E-state index in [1.807, 2.05) is 0 Å². The van der Waals surface area contributed by atoms with Gasteiger partial charge in [-0.25, -0.2) is 0 Å². The van der Waals surface area contributed by atoms with Crippen molar-refractivity contribution in [3.63, 3.8) is 0 Å². The Labute approximate surface area is 188 Å². The van der Waals surface area contributed by atoms with E-state index in [1.54, 1.807) is 24.3 Å². The van der Waals surface area contributed by atoms with E-state index in [1.165, 1.54) is 19.3 Å². The molecule has 0 saturated carbocycles. The minimum atomic E-state index is -1.13. The molecular weight excluding hydrogens is 414 g/mol. The van der Waals surface area contributed by atoms with E-state index < -0.39 is 36.7 Å². The number of hydrogen-bond donors (Lipinski definition) is 4. The average Bonchev–Trinajstić information content (AvgIpc) is 2.89. The summed E-state index contributed by atoms with van der Waals surface area (Å²) in [5.74, 6) is -1.43. The van der Waals surface area contributed by atoms with Crippen LogP contribution in [0.5, 0.6) is 5.75 Å². The Balaban J connectivity index is 1.54. The summed E-state index contributed by atoms with van der Waals surface area (Å²) in [4.78, 5) is 36.9. The third-order valence-electron chi connectivity index (χ3n) is 6.13. The van der Waals surface area contributed by atoms with Gasteiger partial charge in [0.2, 0.25) is 5.91 Å². The molecule has 1 amide bonds. The van der Waals surface area contributed by atoms with Crippen molar-refractivity contribution in [1.82, 2.24) is 10.6 Å². The molecule has 1 aromatic carbocycles. The maximum atomic E-state index is 12.7. The van der Waals surface area contributed by atoms with E-state index in [0.717, 1.165) is 43.2 Å². The Bertz CT molecular complexity index is 796. The van der Waals surface area contributed by atoms with Gasteiger partial charge in [-0.05, 0) is 50.4 Å². The van der Waals surface area contributed by atoms with E-state index in [2.05, 4.69) is 10.6 Å². The number of carboxylic acid groups (broad SMARTS) is 2. The molecule has 2 aliphatic rings. The predicted octanol–water partition coefficient (Wildman–Crippen LogP) is 2.21. The molecule has 0 radical (unpaired) electrons. The van der Waals surface area contributed by atoms with Gasteiger partial charge in [0.25, 0.3) is 0 Å². The highest BCUT2D eigenvalue weighted by Crippen LogP contribution is 2.32. The second-order valence-corrected chi connectivity index (χ2v) is 8.54. The molecule has 32 heavy (non-hydrogen) atoms. The maximum absolute atomic E-state index is 12.7. The van der Waals surface area contributed by atoms with Crippen LogP contribution in [0.25, 0.3) is 0 Å². The fourth-order valence-corrected chi connectivity index (χ4v) is 4.41. The second-order valence-electron chi connectivity index (χ2n) is 8.54. The molecule has 1 fully saturated rings. The number of hydrogen-bond acceptors (Lipinski definition) is 6. The molecule has 176 valence electrons. The third kappa shape index (κ3) is 6.93. The Morgan fingerprint density at radius 3 is 2.62 bits per heavy atom. The van der Waals surface area contributed by atoms with Gasteiger partial charge in [0.15, 0.2) is 6.23 Å². The van der Waals surface area contributed by atoms with Crippen molar-refractivity contribution in [3.8, 4) is 5.75 Å². The Hall–Kier alpha value is -2.65. The van der Waals surface area contributed by atoms with Gasteiger partial charge in [-0.15, -0.1) is 0 Å². The third-order valence-corrected chi connectivity index (χ3v) is 6.13. The van der Waals surface area contributed by atoms with Crippen LogP contribution >= 0.6 is 0 Å². The number of anilines is 1. The van der Waals surface area contributed by atoms with Gasteiger partial charge < -0.3 is 20.3 Å². The number of benzene rings is 1. The molecule has 9 nitrogen and oxygen atoms in total. The number of carbonyl (C=O) groups is 3. The van der Waals surface area contributed by atoms with Gasteiger partial charge in [0.1, 0.15) is 18.3 Å². The number of amides is 1. The van der Waals surface area contributed by atoms with Crippen LogP contribution in [0, 0.1) is 5.92 Å². The average molecular weight is 448 g/mol. The summed E-state index contributed by atoms with van der Waals surface area (Å²) in [6, 6.07) is 5.85. The van der Waals surface area contributed by atoms with Crippen LogP contribution in [0.15, 0.2) is 24.3 Å². The number of unbranched alkanes of at least 4 members (excludes halogenated alkanes) is 2. The van der Waals surface area contributed by atoms with Crippen molar-refractivity contribution in [3.05, 3.63) is 24.3 Å². The number of piperidine rings is 1. The summed E-state index contributed by atoms with van der Waals surface area (Å²) in [5.41, 5.74) is 0.369. The highest BCUT2D eigenvalue weighted by Gasteiger charge is 2.32. The monoisotopic (exact) mass is 447 g/mol. The van der Waals surface area contributed by atoms with E-state index in [9.17, 15) is 24.6 Å². The fourth-order valence-electron chi connectivity index (χ4n) is 4.41. The molecule has 0 spiro atoms.